The number of para-hydroxylation sites is 1. The molecule has 0 N–H and O–H groups in total. The van der Waals surface area contributed by atoms with Crippen LogP contribution in [0.2, 0.25) is 5.02 Å². The number of nitrogens with zero attached hydrogens (tertiary/aromatic N) is 1. The van der Waals surface area contributed by atoms with Crippen molar-refractivity contribution in [2.45, 2.75) is 6.18 Å². The van der Waals surface area contributed by atoms with Crippen LogP contribution in [0.25, 0.3) is 21.8 Å². The molecule has 0 aliphatic heterocycles. The van der Waals surface area contributed by atoms with E-state index in [1.54, 1.807) is 18.2 Å². The van der Waals surface area contributed by atoms with Crippen molar-refractivity contribution in [3.63, 3.8) is 0 Å². The van der Waals surface area contributed by atoms with E-state index in [9.17, 15) is 13.2 Å². The van der Waals surface area contributed by atoms with Gasteiger partial charge in [0.2, 0.25) is 0 Å². The van der Waals surface area contributed by atoms with Crippen LogP contribution >= 0.6 is 11.6 Å². The Morgan fingerprint density at radius 3 is 2.32 bits per heavy atom. The van der Waals surface area contributed by atoms with E-state index in [2.05, 4.69) is 4.98 Å². The highest BCUT2D eigenvalue weighted by Crippen LogP contribution is 2.35. The third-order valence-electron chi connectivity index (χ3n) is 2.94. The molecule has 3 rings (SSSR count). The normalized spacial score (nSPS) is 12.2. The van der Waals surface area contributed by atoms with E-state index in [1.165, 1.54) is 6.07 Å². The lowest BCUT2D eigenvalue weighted by Crippen LogP contribution is -2.04. The zero-order valence-electron chi connectivity index (χ0n) is 9.50. The van der Waals surface area contributed by atoms with Crippen LogP contribution in [-0.2, 0) is 6.18 Å². The van der Waals surface area contributed by atoms with E-state index in [1.807, 2.05) is 6.07 Å². The first kappa shape index (κ1) is 12.2. The Bertz CT molecular complexity index is 781. The van der Waals surface area contributed by atoms with Crippen molar-refractivity contribution < 1.29 is 13.2 Å². The summed E-state index contributed by atoms with van der Waals surface area (Å²) >= 11 is 6.22. The molecule has 5 heteroatoms. The molecule has 0 aliphatic carbocycles. The number of pyridine rings is 1. The topological polar surface area (TPSA) is 12.9 Å². The molecule has 0 spiro atoms. The highest BCUT2D eigenvalue weighted by atomic mass is 35.5. The van der Waals surface area contributed by atoms with E-state index < -0.39 is 11.7 Å². The van der Waals surface area contributed by atoms with Crippen LogP contribution < -0.4 is 0 Å². The largest absolute Gasteiger partial charge is 0.416 e. The first-order valence-electron chi connectivity index (χ1n) is 5.52. The van der Waals surface area contributed by atoms with Crippen molar-refractivity contribution in [2.24, 2.45) is 0 Å². The number of hydrogen-bond donors (Lipinski definition) is 0. The Hall–Kier alpha value is -1.81. The van der Waals surface area contributed by atoms with Gasteiger partial charge in [-0.2, -0.15) is 13.2 Å². The van der Waals surface area contributed by atoms with E-state index in [4.69, 9.17) is 11.6 Å². The summed E-state index contributed by atoms with van der Waals surface area (Å²) in [5.74, 6) is 0. The van der Waals surface area contributed by atoms with Gasteiger partial charge in [0.15, 0.2) is 0 Å². The summed E-state index contributed by atoms with van der Waals surface area (Å²) in [6, 6.07) is 10.5. The monoisotopic (exact) mass is 281 g/mol. The van der Waals surface area contributed by atoms with Crippen LogP contribution in [0.1, 0.15) is 5.56 Å². The van der Waals surface area contributed by atoms with Crippen molar-refractivity contribution >= 4 is 33.4 Å². The van der Waals surface area contributed by atoms with Crippen LogP contribution in [0.5, 0.6) is 0 Å². The standard InChI is InChI=1S/C14H7ClF3N/c15-13-9-3-1-2-4-11(9)19-12-7-8(14(16,17)18)5-6-10(12)13/h1-7H. The highest BCUT2D eigenvalue weighted by molar-refractivity contribution is 6.40. The molecule has 0 atom stereocenters. The van der Waals surface area contributed by atoms with Gasteiger partial charge in [-0.05, 0) is 18.2 Å². The second-order valence-electron chi connectivity index (χ2n) is 4.17. The molecule has 3 aromatic rings. The zero-order chi connectivity index (χ0) is 13.6. The Morgan fingerprint density at radius 1 is 0.895 bits per heavy atom. The molecule has 2 aromatic carbocycles. The van der Waals surface area contributed by atoms with Gasteiger partial charge < -0.3 is 0 Å². The lowest BCUT2D eigenvalue weighted by atomic mass is 10.1. The zero-order valence-corrected chi connectivity index (χ0v) is 10.3. The third kappa shape index (κ3) is 2.02. The number of halogens is 4. The minimum absolute atomic E-state index is 0.249. The third-order valence-corrected chi connectivity index (χ3v) is 3.35. The molecule has 0 saturated heterocycles. The van der Waals surface area contributed by atoms with Crippen LogP contribution in [0.4, 0.5) is 13.2 Å². The number of hydrogen-bond acceptors (Lipinski definition) is 1. The SMILES string of the molecule is FC(F)(F)c1ccc2c(Cl)c3ccccc3nc2c1. The average molecular weight is 282 g/mol. The smallest absolute Gasteiger partial charge is 0.248 e. The summed E-state index contributed by atoms with van der Waals surface area (Å²) in [7, 11) is 0. The fourth-order valence-electron chi connectivity index (χ4n) is 2.02. The molecule has 0 fully saturated rings. The molecule has 0 unspecified atom stereocenters. The number of fused-ring (bicyclic) bond motifs is 2. The van der Waals surface area contributed by atoms with Crippen LogP contribution in [-0.4, -0.2) is 4.98 Å². The Labute approximate surface area is 111 Å². The van der Waals surface area contributed by atoms with Gasteiger partial charge in [-0.15, -0.1) is 0 Å². The second kappa shape index (κ2) is 4.10. The summed E-state index contributed by atoms with van der Waals surface area (Å²) in [4.78, 5) is 4.23. The molecule has 0 bridgehead atoms. The van der Waals surface area contributed by atoms with Crippen molar-refractivity contribution in [1.29, 1.82) is 0 Å². The van der Waals surface area contributed by atoms with Gasteiger partial charge in [-0.1, -0.05) is 35.9 Å². The number of alkyl halides is 3. The second-order valence-corrected chi connectivity index (χ2v) is 4.55. The van der Waals surface area contributed by atoms with Crippen LogP contribution in [0.15, 0.2) is 42.5 Å². The molecular formula is C14H7ClF3N. The first-order valence-corrected chi connectivity index (χ1v) is 5.90. The number of rotatable bonds is 0. The molecule has 1 heterocycles. The maximum absolute atomic E-state index is 12.7. The quantitative estimate of drug-likeness (QED) is 0.525. The maximum Gasteiger partial charge on any atom is 0.416 e. The van der Waals surface area contributed by atoms with Crippen molar-refractivity contribution in [1.82, 2.24) is 4.98 Å². The van der Waals surface area contributed by atoms with Gasteiger partial charge in [-0.25, -0.2) is 4.98 Å². The van der Waals surface area contributed by atoms with Crippen LogP contribution in [0, 0.1) is 0 Å². The fourth-order valence-corrected chi connectivity index (χ4v) is 2.34. The van der Waals surface area contributed by atoms with Gasteiger partial charge in [0.1, 0.15) is 0 Å². The molecule has 0 saturated carbocycles. The lowest BCUT2D eigenvalue weighted by molar-refractivity contribution is -0.137. The molecular weight excluding hydrogens is 275 g/mol. The first-order chi connectivity index (χ1) is 8.97. The van der Waals surface area contributed by atoms with Gasteiger partial charge >= 0.3 is 6.18 Å². The molecule has 96 valence electrons. The number of benzene rings is 2. The van der Waals surface area contributed by atoms with Crippen molar-refractivity contribution in [3.8, 4) is 0 Å². The minimum atomic E-state index is -4.38. The predicted octanol–water partition coefficient (Wildman–Crippen LogP) is 5.06. The maximum atomic E-state index is 12.7. The summed E-state index contributed by atoms with van der Waals surface area (Å²) in [6.07, 6.45) is -4.38. The Balaban J connectivity index is 2.38. The van der Waals surface area contributed by atoms with Gasteiger partial charge in [-0.3, -0.25) is 0 Å². The molecule has 0 radical (unpaired) electrons. The van der Waals surface area contributed by atoms with E-state index in [-0.39, 0.29) is 5.52 Å². The lowest BCUT2D eigenvalue weighted by Gasteiger charge is -2.09. The summed E-state index contributed by atoms with van der Waals surface area (Å²) < 4.78 is 38.0. The predicted molar refractivity (Wildman–Crippen MR) is 69.3 cm³/mol. The fraction of sp³-hybridized carbons (Fsp3) is 0.0714. The molecule has 0 amide bonds. The molecule has 1 nitrogen and oxygen atoms in total. The summed E-state index contributed by atoms with van der Waals surface area (Å²) in [5, 5.41) is 1.68. The van der Waals surface area contributed by atoms with E-state index in [0.29, 0.717) is 15.9 Å². The van der Waals surface area contributed by atoms with E-state index >= 15 is 0 Å². The van der Waals surface area contributed by atoms with Crippen molar-refractivity contribution in [2.75, 3.05) is 0 Å². The van der Waals surface area contributed by atoms with Gasteiger partial charge in [0.25, 0.3) is 0 Å². The van der Waals surface area contributed by atoms with Gasteiger partial charge in [0, 0.05) is 10.8 Å². The van der Waals surface area contributed by atoms with Crippen molar-refractivity contribution in [3.05, 3.63) is 53.1 Å². The molecule has 1 aromatic heterocycles. The van der Waals surface area contributed by atoms with Crippen LogP contribution in [0.3, 0.4) is 0 Å². The van der Waals surface area contributed by atoms with Gasteiger partial charge in [0.05, 0.1) is 21.6 Å². The Kier molecular flexibility index (Phi) is 2.64. The summed E-state index contributed by atoms with van der Waals surface area (Å²) in [6.45, 7) is 0. The van der Waals surface area contributed by atoms with E-state index in [0.717, 1.165) is 17.5 Å². The average Bonchev–Trinajstić information content (AvgIpc) is 2.37. The highest BCUT2D eigenvalue weighted by Gasteiger charge is 2.30. The number of aromatic nitrogens is 1. The molecule has 0 aliphatic rings. The molecule has 19 heavy (non-hydrogen) atoms. The summed E-state index contributed by atoms with van der Waals surface area (Å²) in [5.41, 5.74) is 0.108. The minimum Gasteiger partial charge on any atom is -0.248 e. The Morgan fingerprint density at radius 2 is 1.58 bits per heavy atom.